The molecular weight excluding hydrogens is 252 g/mol. The van der Waals surface area contributed by atoms with Gasteiger partial charge in [0.05, 0.1) is 25.6 Å². The van der Waals surface area contributed by atoms with Crippen molar-refractivity contribution < 1.29 is 9.47 Å². The van der Waals surface area contributed by atoms with E-state index in [0.717, 1.165) is 22.8 Å². The van der Waals surface area contributed by atoms with Gasteiger partial charge in [-0.15, -0.1) is 12.4 Å². The van der Waals surface area contributed by atoms with Gasteiger partial charge in [-0.2, -0.15) is 0 Å². The molecule has 1 aliphatic heterocycles. The summed E-state index contributed by atoms with van der Waals surface area (Å²) in [7, 11) is 3.24. The second kappa shape index (κ2) is 5.78. The van der Waals surface area contributed by atoms with Crippen LogP contribution >= 0.6 is 12.4 Å². The molecule has 0 spiro atoms. The van der Waals surface area contributed by atoms with Crippen LogP contribution in [0.5, 0.6) is 11.5 Å². The van der Waals surface area contributed by atoms with Gasteiger partial charge in [-0.25, -0.2) is 0 Å². The van der Waals surface area contributed by atoms with Gasteiger partial charge in [0.15, 0.2) is 11.5 Å². The number of hydrogen-bond acceptors (Lipinski definition) is 4. The lowest BCUT2D eigenvalue weighted by atomic mass is 10.2. The first-order valence-electron chi connectivity index (χ1n) is 5.40. The maximum absolute atomic E-state index is 5.27. The van der Waals surface area contributed by atoms with Crippen LogP contribution in [0.2, 0.25) is 0 Å². The Hall–Kier alpha value is -1.68. The predicted molar refractivity (Wildman–Crippen MR) is 76.9 cm³/mol. The van der Waals surface area contributed by atoms with Gasteiger partial charge in [0, 0.05) is 23.5 Å². The molecule has 2 rings (SSSR count). The Bertz CT molecular complexity index is 510. The van der Waals surface area contributed by atoms with Crippen LogP contribution in [-0.2, 0) is 0 Å². The summed E-state index contributed by atoms with van der Waals surface area (Å²) in [5.74, 6) is 1.38. The van der Waals surface area contributed by atoms with Crippen molar-refractivity contribution in [3.05, 3.63) is 23.9 Å². The number of nitrogens with one attached hydrogen (secondary N) is 1. The lowest BCUT2D eigenvalue weighted by molar-refractivity contribution is 0.355. The zero-order chi connectivity index (χ0) is 12.4. The second-order valence-electron chi connectivity index (χ2n) is 3.93. The van der Waals surface area contributed by atoms with Crippen LogP contribution in [0, 0.1) is 0 Å². The highest BCUT2D eigenvalue weighted by Gasteiger charge is 2.13. The minimum atomic E-state index is 0. The van der Waals surface area contributed by atoms with Gasteiger partial charge in [0.25, 0.3) is 0 Å². The fourth-order valence-corrected chi connectivity index (χ4v) is 1.84. The maximum atomic E-state index is 5.27. The van der Waals surface area contributed by atoms with Crippen molar-refractivity contribution in [1.82, 2.24) is 0 Å². The van der Waals surface area contributed by atoms with Crippen LogP contribution < -0.4 is 14.8 Å². The highest BCUT2D eigenvalue weighted by atomic mass is 35.5. The quantitative estimate of drug-likeness (QED) is 0.892. The molecule has 0 fully saturated rings. The van der Waals surface area contributed by atoms with Crippen molar-refractivity contribution in [3.63, 3.8) is 0 Å². The first-order chi connectivity index (χ1) is 8.13. The molecule has 1 aliphatic rings. The largest absolute Gasteiger partial charge is 0.493 e. The third-order valence-electron chi connectivity index (χ3n) is 2.56. The smallest absolute Gasteiger partial charge is 0.163 e. The number of halogens is 1. The Kier molecular flexibility index (Phi) is 4.62. The Morgan fingerprint density at radius 1 is 1.06 bits per heavy atom. The molecule has 0 aromatic heterocycles. The molecule has 1 heterocycles. The van der Waals surface area contributed by atoms with E-state index >= 15 is 0 Å². The van der Waals surface area contributed by atoms with Gasteiger partial charge in [0.1, 0.15) is 0 Å². The Labute approximate surface area is 113 Å². The number of methoxy groups -OCH3 is 2. The molecule has 4 nitrogen and oxygen atoms in total. The summed E-state index contributed by atoms with van der Waals surface area (Å²) in [5.41, 5.74) is 3.79. The number of benzene rings is 1. The van der Waals surface area contributed by atoms with Crippen molar-refractivity contribution in [2.75, 3.05) is 19.5 Å². The van der Waals surface area contributed by atoms with Crippen LogP contribution in [0.25, 0.3) is 0 Å². The molecule has 0 amide bonds. The SMILES string of the molecule is COc1cc2c(cc1OC)NC(C)=CC(C)=N2.Cl. The van der Waals surface area contributed by atoms with E-state index in [4.69, 9.17) is 9.47 Å². The van der Waals surface area contributed by atoms with Crippen molar-refractivity contribution in [2.24, 2.45) is 4.99 Å². The number of aliphatic imine (C=N–C) groups is 1. The first-order valence-corrected chi connectivity index (χ1v) is 5.40. The summed E-state index contributed by atoms with van der Waals surface area (Å²) in [5, 5.41) is 3.29. The third kappa shape index (κ3) is 2.76. The highest BCUT2D eigenvalue weighted by molar-refractivity contribution is 5.98. The lowest BCUT2D eigenvalue weighted by Gasteiger charge is -2.12. The highest BCUT2D eigenvalue weighted by Crippen LogP contribution is 2.39. The van der Waals surface area contributed by atoms with Crippen LogP contribution in [-0.4, -0.2) is 19.9 Å². The summed E-state index contributed by atoms with van der Waals surface area (Å²) in [6, 6.07) is 3.77. The van der Waals surface area contributed by atoms with E-state index in [-0.39, 0.29) is 12.4 Å². The van der Waals surface area contributed by atoms with Crippen molar-refractivity contribution in [2.45, 2.75) is 13.8 Å². The molecule has 0 unspecified atom stereocenters. The fraction of sp³-hybridized carbons (Fsp3) is 0.308. The second-order valence-corrected chi connectivity index (χ2v) is 3.93. The van der Waals surface area contributed by atoms with Gasteiger partial charge >= 0.3 is 0 Å². The van der Waals surface area contributed by atoms with Gasteiger partial charge in [-0.3, -0.25) is 4.99 Å². The van der Waals surface area contributed by atoms with Gasteiger partial charge in [-0.1, -0.05) is 0 Å². The lowest BCUT2D eigenvalue weighted by Crippen LogP contribution is -1.97. The minimum absolute atomic E-state index is 0. The Morgan fingerprint density at radius 3 is 2.28 bits per heavy atom. The topological polar surface area (TPSA) is 42.9 Å². The molecule has 0 aliphatic carbocycles. The molecule has 0 saturated heterocycles. The van der Waals surface area contributed by atoms with E-state index in [9.17, 15) is 0 Å². The van der Waals surface area contributed by atoms with Crippen molar-refractivity contribution in [1.29, 1.82) is 0 Å². The molecule has 0 saturated carbocycles. The molecule has 98 valence electrons. The van der Waals surface area contributed by atoms with E-state index in [2.05, 4.69) is 10.3 Å². The number of anilines is 1. The van der Waals surface area contributed by atoms with Gasteiger partial charge < -0.3 is 14.8 Å². The fourth-order valence-electron chi connectivity index (χ4n) is 1.84. The van der Waals surface area contributed by atoms with E-state index in [1.54, 1.807) is 14.2 Å². The number of fused-ring (bicyclic) bond motifs is 1. The molecule has 1 aromatic rings. The van der Waals surface area contributed by atoms with Gasteiger partial charge in [0.2, 0.25) is 0 Å². The number of ether oxygens (including phenoxy) is 2. The van der Waals surface area contributed by atoms with Crippen molar-refractivity contribution in [3.8, 4) is 11.5 Å². The van der Waals surface area contributed by atoms with Crippen LogP contribution in [0.3, 0.4) is 0 Å². The summed E-state index contributed by atoms with van der Waals surface area (Å²) in [6.07, 6.45) is 2.00. The predicted octanol–water partition coefficient (Wildman–Crippen LogP) is 3.55. The summed E-state index contributed by atoms with van der Waals surface area (Å²) < 4.78 is 10.5. The van der Waals surface area contributed by atoms with E-state index < -0.39 is 0 Å². The van der Waals surface area contributed by atoms with E-state index in [0.29, 0.717) is 11.5 Å². The maximum Gasteiger partial charge on any atom is 0.163 e. The summed E-state index contributed by atoms with van der Waals surface area (Å²) in [6.45, 7) is 3.97. The molecular formula is C13H17ClN2O2. The average molecular weight is 269 g/mol. The molecule has 0 radical (unpaired) electrons. The van der Waals surface area contributed by atoms with E-state index in [1.165, 1.54) is 0 Å². The Balaban J connectivity index is 0.00000162. The van der Waals surface area contributed by atoms with Crippen LogP contribution in [0.1, 0.15) is 13.8 Å². The standard InChI is InChI=1S/C13H16N2O2.ClH/c1-8-5-9(2)15-11-7-13(17-4)12(16-3)6-10(11)14-8;/h5-7,14H,1-4H3;1H. The summed E-state index contributed by atoms with van der Waals surface area (Å²) in [4.78, 5) is 4.52. The average Bonchev–Trinajstić information content (AvgIpc) is 2.43. The normalized spacial score (nSPS) is 13.1. The number of hydrogen-bond donors (Lipinski definition) is 1. The third-order valence-corrected chi connectivity index (χ3v) is 2.56. The zero-order valence-corrected chi connectivity index (χ0v) is 11.7. The molecule has 18 heavy (non-hydrogen) atoms. The number of allylic oxidation sites excluding steroid dienone is 2. The first kappa shape index (κ1) is 14.4. The van der Waals surface area contributed by atoms with Crippen LogP contribution in [0.15, 0.2) is 28.9 Å². The summed E-state index contributed by atoms with van der Waals surface area (Å²) >= 11 is 0. The minimum Gasteiger partial charge on any atom is -0.493 e. The zero-order valence-electron chi connectivity index (χ0n) is 10.9. The molecule has 5 heteroatoms. The van der Waals surface area contributed by atoms with Gasteiger partial charge in [-0.05, 0) is 19.9 Å². The Morgan fingerprint density at radius 2 is 1.67 bits per heavy atom. The molecule has 1 aromatic carbocycles. The molecule has 1 N–H and O–H groups in total. The number of nitrogens with zero attached hydrogens (tertiary/aromatic N) is 1. The molecule has 0 atom stereocenters. The van der Waals surface area contributed by atoms with Crippen LogP contribution in [0.4, 0.5) is 11.4 Å². The van der Waals surface area contributed by atoms with Crippen molar-refractivity contribution >= 4 is 29.5 Å². The monoisotopic (exact) mass is 268 g/mol. The molecule has 0 bridgehead atoms. The van der Waals surface area contributed by atoms with E-state index in [1.807, 2.05) is 32.1 Å². The number of rotatable bonds is 2.